The number of rotatable bonds is 6. The first-order valence-corrected chi connectivity index (χ1v) is 8.83. The van der Waals surface area contributed by atoms with Crippen molar-refractivity contribution in [3.05, 3.63) is 63.3 Å². The summed E-state index contributed by atoms with van der Waals surface area (Å²) in [7, 11) is 0. The molecule has 3 aromatic rings. The molecule has 6 nitrogen and oxygen atoms in total. The molecule has 0 atom stereocenters. The SMILES string of the molecule is CCOc1ccc(-c2n[nH]c(=S)n2N/N=C\c2cccc(Br)c2)cc1. The second kappa shape index (κ2) is 8.09. The molecule has 3 rings (SSSR count). The number of hydrogen-bond donors (Lipinski definition) is 2. The van der Waals surface area contributed by atoms with Crippen molar-refractivity contribution in [1.29, 1.82) is 0 Å². The Morgan fingerprint density at radius 1 is 1.32 bits per heavy atom. The lowest BCUT2D eigenvalue weighted by atomic mass is 10.2. The van der Waals surface area contributed by atoms with Gasteiger partial charge in [0.25, 0.3) is 0 Å². The lowest BCUT2D eigenvalue weighted by molar-refractivity contribution is 0.340. The van der Waals surface area contributed by atoms with Crippen LogP contribution in [-0.2, 0) is 0 Å². The summed E-state index contributed by atoms with van der Waals surface area (Å²) in [6, 6.07) is 15.5. The zero-order chi connectivity index (χ0) is 17.6. The van der Waals surface area contributed by atoms with Crippen LogP contribution in [0.3, 0.4) is 0 Å². The fraction of sp³-hybridized carbons (Fsp3) is 0.118. The Balaban J connectivity index is 1.81. The van der Waals surface area contributed by atoms with Gasteiger partial charge in [-0.2, -0.15) is 14.9 Å². The lowest BCUT2D eigenvalue weighted by Gasteiger charge is -2.07. The Labute approximate surface area is 158 Å². The predicted molar refractivity (Wildman–Crippen MR) is 105 cm³/mol. The molecule has 1 aromatic heterocycles. The van der Waals surface area contributed by atoms with Crippen LogP contribution < -0.4 is 10.3 Å². The Bertz CT molecular complexity index is 933. The Morgan fingerprint density at radius 3 is 2.84 bits per heavy atom. The van der Waals surface area contributed by atoms with E-state index in [2.05, 4.69) is 36.8 Å². The zero-order valence-electron chi connectivity index (χ0n) is 13.4. The lowest BCUT2D eigenvalue weighted by Crippen LogP contribution is -2.10. The number of nitrogens with zero attached hydrogens (tertiary/aromatic N) is 3. The monoisotopic (exact) mass is 417 g/mol. The maximum absolute atomic E-state index is 5.46. The molecule has 0 amide bonds. The molecule has 0 saturated heterocycles. The average Bonchev–Trinajstić information content (AvgIpc) is 2.97. The number of nitrogens with one attached hydrogen (secondary N) is 2. The molecule has 0 aliphatic heterocycles. The summed E-state index contributed by atoms with van der Waals surface area (Å²) in [5, 5.41) is 11.3. The third kappa shape index (κ3) is 4.34. The van der Waals surface area contributed by atoms with E-state index < -0.39 is 0 Å². The molecule has 8 heteroatoms. The average molecular weight is 418 g/mol. The summed E-state index contributed by atoms with van der Waals surface area (Å²) in [5.41, 5.74) is 4.76. The molecule has 128 valence electrons. The zero-order valence-corrected chi connectivity index (χ0v) is 15.8. The first-order valence-electron chi connectivity index (χ1n) is 7.62. The fourth-order valence-corrected chi connectivity index (χ4v) is 2.79. The van der Waals surface area contributed by atoms with Crippen molar-refractivity contribution < 1.29 is 4.74 Å². The van der Waals surface area contributed by atoms with Crippen LogP contribution in [0.25, 0.3) is 11.4 Å². The van der Waals surface area contributed by atoms with E-state index in [4.69, 9.17) is 17.0 Å². The minimum atomic E-state index is 0.426. The van der Waals surface area contributed by atoms with Gasteiger partial charge in [-0.25, -0.2) is 10.6 Å². The van der Waals surface area contributed by atoms with Gasteiger partial charge in [0, 0.05) is 10.0 Å². The maximum atomic E-state index is 5.46. The van der Waals surface area contributed by atoms with E-state index in [1.807, 2.05) is 55.5 Å². The highest BCUT2D eigenvalue weighted by Gasteiger charge is 2.08. The Morgan fingerprint density at radius 2 is 2.12 bits per heavy atom. The summed E-state index contributed by atoms with van der Waals surface area (Å²) in [6.45, 7) is 2.58. The number of hydrazone groups is 1. The van der Waals surface area contributed by atoms with Crippen LogP contribution in [0, 0.1) is 4.77 Å². The molecule has 0 bridgehead atoms. The number of H-pyrrole nitrogens is 1. The van der Waals surface area contributed by atoms with E-state index in [0.717, 1.165) is 21.3 Å². The van der Waals surface area contributed by atoms with Gasteiger partial charge in [0.15, 0.2) is 5.82 Å². The number of aromatic amines is 1. The van der Waals surface area contributed by atoms with Crippen molar-refractivity contribution in [3.8, 4) is 17.1 Å². The number of ether oxygens (including phenoxy) is 1. The van der Waals surface area contributed by atoms with Crippen LogP contribution in [0.2, 0.25) is 0 Å². The van der Waals surface area contributed by atoms with Crippen molar-refractivity contribution in [1.82, 2.24) is 14.9 Å². The second-order valence-electron chi connectivity index (χ2n) is 5.06. The van der Waals surface area contributed by atoms with Gasteiger partial charge in [0.05, 0.1) is 12.8 Å². The molecular formula is C17H16BrN5OS. The van der Waals surface area contributed by atoms with Gasteiger partial charge in [-0.15, -0.1) is 0 Å². The largest absolute Gasteiger partial charge is 0.494 e. The van der Waals surface area contributed by atoms with Gasteiger partial charge in [0.1, 0.15) is 5.75 Å². The van der Waals surface area contributed by atoms with Crippen LogP contribution in [0.4, 0.5) is 0 Å². The molecule has 0 fully saturated rings. The molecule has 25 heavy (non-hydrogen) atoms. The van der Waals surface area contributed by atoms with E-state index in [1.165, 1.54) is 0 Å². The topological polar surface area (TPSA) is 67.2 Å². The molecule has 0 saturated carbocycles. The minimum Gasteiger partial charge on any atom is -0.494 e. The van der Waals surface area contributed by atoms with E-state index in [1.54, 1.807) is 10.9 Å². The first kappa shape index (κ1) is 17.4. The van der Waals surface area contributed by atoms with Crippen molar-refractivity contribution >= 4 is 34.4 Å². The molecule has 0 spiro atoms. The van der Waals surface area contributed by atoms with Gasteiger partial charge in [-0.05, 0) is 61.1 Å². The van der Waals surface area contributed by atoms with Crippen molar-refractivity contribution in [2.45, 2.75) is 6.92 Å². The van der Waals surface area contributed by atoms with E-state index in [9.17, 15) is 0 Å². The minimum absolute atomic E-state index is 0.426. The van der Waals surface area contributed by atoms with Gasteiger partial charge in [-0.3, -0.25) is 0 Å². The number of halogens is 1. The number of aromatic nitrogens is 3. The highest BCUT2D eigenvalue weighted by Crippen LogP contribution is 2.20. The standard InChI is InChI=1S/C17H16BrN5OS/c1-2-24-15-8-6-13(7-9-15)16-20-21-17(25)23(16)22-19-11-12-4-3-5-14(18)10-12/h3-11,22H,2H2,1H3,(H,21,25)/b19-11-. The first-order chi connectivity index (χ1) is 12.2. The van der Waals surface area contributed by atoms with Gasteiger partial charge in [0.2, 0.25) is 4.77 Å². The summed E-state index contributed by atoms with van der Waals surface area (Å²) in [4.78, 5) is 0. The highest BCUT2D eigenvalue weighted by atomic mass is 79.9. The highest BCUT2D eigenvalue weighted by molar-refractivity contribution is 9.10. The Kier molecular flexibility index (Phi) is 5.62. The van der Waals surface area contributed by atoms with Crippen molar-refractivity contribution in [3.63, 3.8) is 0 Å². The van der Waals surface area contributed by atoms with Crippen LogP contribution in [0.5, 0.6) is 5.75 Å². The second-order valence-corrected chi connectivity index (χ2v) is 6.36. The molecule has 0 aliphatic rings. The van der Waals surface area contributed by atoms with Crippen molar-refractivity contribution in [2.75, 3.05) is 12.1 Å². The molecule has 2 N–H and O–H groups in total. The van der Waals surface area contributed by atoms with E-state index >= 15 is 0 Å². The molecule has 0 aliphatic carbocycles. The summed E-state index contributed by atoms with van der Waals surface area (Å²) in [5.74, 6) is 1.45. The van der Waals surface area contributed by atoms with E-state index in [-0.39, 0.29) is 0 Å². The van der Waals surface area contributed by atoms with Crippen LogP contribution in [-0.4, -0.2) is 27.7 Å². The normalized spacial score (nSPS) is 11.0. The van der Waals surface area contributed by atoms with Crippen LogP contribution >= 0.6 is 28.1 Å². The summed E-state index contributed by atoms with van der Waals surface area (Å²) >= 11 is 8.70. The van der Waals surface area contributed by atoms with Gasteiger partial charge < -0.3 is 4.74 Å². The van der Waals surface area contributed by atoms with Crippen LogP contribution in [0.1, 0.15) is 12.5 Å². The number of hydrogen-bond acceptors (Lipinski definition) is 5. The molecule has 2 aromatic carbocycles. The quantitative estimate of drug-likeness (QED) is 0.355. The third-order valence-corrected chi connectivity index (χ3v) is 4.08. The molecule has 1 heterocycles. The fourth-order valence-electron chi connectivity index (χ4n) is 2.20. The molecular weight excluding hydrogens is 402 g/mol. The summed E-state index contributed by atoms with van der Waals surface area (Å²) < 4.78 is 8.49. The molecule has 0 unspecified atom stereocenters. The predicted octanol–water partition coefficient (Wildman–Crippen LogP) is 4.35. The van der Waals surface area contributed by atoms with E-state index in [0.29, 0.717) is 17.2 Å². The maximum Gasteiger partial charge on any atom is 0.216 e. The third-order valence-electron chi connectivity index (χ3n) is 3.32. The van der Waals surface area contributed by atoms with Crippen molar-refractivity contribution in [2.24, 2.45) is 5.10 Å². The number of benzene rings is 2. The smallest absolute Gasteiger partial charge is 0.216 e. The molecule has 0 radical (unpaired) electrons. The Hall–Kier alpha value is -2.45. The van der Waals surface area contributed by atoms with Gasteiger partial charge in [-0.1, -0.05) is 28.1 Å². The summed E-state index contributed by atoms with van der Waals surface area (Å²) in [6.07, 6.45) is 1.71. The van der Waals surface area contributed by atoms with Crippen LogP contribution in [0.15, 0.2) is 58.1 Å². The van der Waals surface area contributed by atoms with Gasteiger partial charge >= 0.3 is 0 Å².